The topological polar surface area (TPSA) is 598 Å². The molecule has 5 aromatic rings. The number of unbranched alkanes of at least 4 members (excludes halogenated alkanes) is 4. The van der Waals surface area contributed by atoms with E-state index in [1.165, 1.54) is 55.7 Å². The van der Waals surface area contributed by atoms with E-state index in [4.69, 9.17) is 21.9 Å². The number of primary amides is 1. The summed E-state index contributed by atoms with van der Waals surface area (Å²) in [4.78, 5) is 278. The van der Waals surface area contributed by atoms with Crippen LogP contribution in [0.3, 0.4) is 0 Å². The largest absolute Gasteiger partial charge is 0.497 e. The van der Waals surface area contributed by atoms with Gasteiger partial charge in [-0.3, -0.25) is 91.3 Å². The van der Waals surface area contributed by atoms with Crippen molar-refractivity contribution in [3.05, 3.63) is 114 Å². The minimum Gasteiger partial charge on any atom is -0.497 e. The van der Waals surface area contributed by atoms with Gasteiger partial charge in [0.15, 0.2) is 17.3 Å². The van der Waals surface area contributed by atoms with Gasteiger partial charge in [-0.15, -0.1) is 11.8 Å². The Bertz CT molecular complexity index is 5370. The Hall–Kier alpha value is -12.8. The molecule has 0 bridgehead atoms. The van der Waals surface area contributed by atoms with Crippen molar-refractivity contribution < 1.29 is 106 Å². The second-order valence-corrected chi connectivity index (χ2v) is 39.0. The standard InChI is InChI=1S/C101H142N18O22S/c1-10-12-28-81-96(135)110-74(43-58(3)4)94(133)114-79(84(121)36-37-86(104)123)56-142-57-87(124)107-76(44-60-32-34-66(141-9)35-33-60)98(137)115(6)59(5)91(130)112-78(51-88(125)126)100(139)119-42-22-31-82(119)97(136)111-75(45-61-38-41-105-52-61)95(134)108-72(27-19-21-40-103)90(129)69-49-65(120)50-70(69)93(132)109-73(46-63-53-106-71-26-16-14-24-67(63)71)85(122)48-62(23-18-20-39-102)92(131)113-77(99(138)117(8)83(29-13-11-2)101(140)116(81)7)47-64-54-118(55-89(127)128)80-30-17-15-25-68(64)80/h14-17,24-26,30,32-35,41,52-54,58-59,62,65,69-70,72-79,81-83,106,120H,10-13,18-23,27-29,31,36-40,42-51,55-57,102-103H2,1-9H3,(H2,104,123)(H,107,124)(H,108,134)(H,109,132)(H,110,135)(H,111,136)(H,112,130)(H,113,131)(H,114,133)(H,125,126)(H,127,128)/t59-,62+,65-,69?,70+,72-,73-,74-,75-,76-,77-,78-,79-,81-,82-,83-/m0/s1. The molecule has 9 rings (SSSR count). The Labute approximate surface area is 831 Å². The van der Waals surface area contributed by atoms with Gasteiger partial charge < -0.3 is 109 Å². The Morgan fingerprint density at radius 3 is 1.84 bits per heavy atom. The first-order valence-corrected chi connectivity index (χ1v) is 50.4. The van der Waals surface area contributed by atoms with E-state index >= 15 is 47.9 Å². The highest BCUT2D eigenvalue weighted by Gasteiger charge is 2.48. The number of nitrogens with two attached hydrogens (primary N) is 3. The number of amides is 13. The summed E-state index contributed by atoms with van der Waals surface area (Å²) in [6.45, 7) is 8.24. The number of aromatic amines is 1. The summed E-state index contributed by atoms with van der Waals surface area (Å²) in [5, 5.41) is 55.8. The number of methoxy groups -OCH3 is 1. The first-order valence-electron chi connectivity index (χ1n) is 49.2. The molecule has 0 spiro atoms. The highest BCUT2D eigenvalue weighted by Crippen LogP contribution is 2.37. The minimum atomic E-state index is -1.88. The fourth-order valence-corrected chi connectivity index (χ4v) is 19.8. The van der Waals surface area contributed by atoms with Crippen LogP contribution in [0.4, 0.5) is 0 Å². The Kier molecular flexibility index (Phi) is 43.7. The zero-order valence-electron chi connectivity index (χ0n) is 82.6. The lowest BCUT2D eigenvalue weighted by molar-refractivity contribution is -0.149. The summed E-state index contributed by atoms with van der Waals surface area (Å²) in [7, 11) is 5.45. The number of aliphatic hydroxyl groups excluding tert-OH is 1. The molecule has 2 saturated heterocycles. The summed E-state index contributed by atoms with van der Waals surface area (Å²) in [5.74, 6) is -20.7. The molecule has 142 heavy (non-hydrogen) atoms. The van der Waals surface area contributed by atoms with Crippen molar-refractivity contribution in [2.45, 2.75) is 287 Å². The number of carboxylic acid groups (broad SMARTS) is 2. The molecule has 2 aromatic heterocycles. The van der Waals surface area contributed by atoms with Gasteiger partial charge in [0, 0.05) is 137 Å². The number of Topliss-reactive ketones (excluding diaryl/α,β-unsaturated/α-hetero) is 3. The van der Waals surface area contributed by atoms with Crippen LogP contribution in [0.2, 0.25) is 0 Å². The summed E-state index contributed by atoms with van der Waals surface area (Å²) < 4.78 is 6.84. The molecule has 1 unspecified atom stereocenters. The zero-order valence-corrected chi connectivity index (χ0v) is 83.4. The molecule has 41 heteroatoms. The fraction of sp³-hybridized carbons (Fsp3) is 0.574. The molecular formula is C101H142N18O22S. The molecule has 3 fully saturated rings. The molecule has 4 aliphatic rings. The Balaban J connectivity index is 1.13. The maximum absolute atomic E-state index is 16.2. The highest BCUT2D eigenvalue weighted by atomic mass is 32.2. The molecule has 3 aliphatic heterocycles. The van der Waals surface area contributed by atoms with Crippen molar-refractivity contribution in [3.63, 3.8) is 0 Å². The van der Waals surface area contributed by atoms with Gasteiger partial charge in [-0.05, 0) is 156 Å². The molecular weight excluding hydrogens is 1850 g/mol. The number of ether oxygens (including phenoxy) is 1. The summed E-state index contributed by atoms with van der Waals surface area (Å²) >= 11 is 0.843. The number of carboxylic acids is 2. The number of ketones is 3. The maximum Gasteiger partial charge on any atom is 0.323 e. The molecule has 1 aliphatic carbocycles. The van der Waals surface area contributed by atoms with Gasteiger partial charge in [0.2, 0.25) is 76.8 Å². The molecule has 3 aromatic carbocycles. The molecule has 5 heterocycles. The Morgan fingerprint density at radius 1 is 0.577 bits per heavy atom. The number of aliphatic hydroxyl groups is 1. The van der Waals surface area contributed by atoms with E-state index in [-0.39, 0.29) is 134 Å². The second-order valence-electron chi connectivity index (χ2n) is 38.0. The van der Waals surface area contributed by atoms with E-state index in [1.54, 1.807) is 105 Å². The van der Waals surface area contributed by atoms with Gasteiger partial charge in [0.05, 0.1) is 49.4 Å². The van der Waals surface area contributed by atoms with Crippen molar-refractivity contribution in [1.82, 2.24) is 71.7 Å². The van der Waals surface area contributed by atoms with Crippen LogP contribution in [-0.4, -0.2) is 295 Å². The van der Waals surface area contributed by atoms with Gasteiger partial charge in [0.1, 0.15) is 66.7 Å². The van der Waals surface area contributed by atoms with E-state index in [2.05, 4.69) is 52.5 Å². The van der Waals surface area contributed by atoms with Crippen LogP contribution >= 0.6 is 11.8 Å². The van der Waals surface area contributed by atoms with Crippen molar-refractivity contribution in [3.8, 4) is 5.75 Å². The molecule has 40 nitrogen and oxygen atoms in total. The third-order valence-corrected chi connectivity index (χ3v) is 28.0. The summed E-state index contributed by atoms with van der Waals surface area (Å²) in [5.41, 5.74) is 20.8. The molecule has 0 radical (unpaired) electrons. The smallest absolute Gasteiger partial charge is 0.323 e. The number of aromatic nitrogens is 2. The monoisotopic (exact) mass is 1990 g/mol. The quantitative estimate of drug-likeness (QED) is 0.0267. The molecule has 774 valence electrons. The van der Waals surface area contributed by atoms with Crippen molar-refractivity contribution in [2.24, 2.45) is 45.9 Å². The van der Waals surface area contributed by atoms with Crippen LogP contribution in [-0.2, 0) is 112 Å². The van der Waals surface area contributed by atoms with Gasteiger partial charge in [0.25, 0.3) is 0 Å². The number of likely N-dealkylation sites (N-methyl/N-ethyl adjacent to an activating group) is 3. The fourth-order valence-electron chi connectivity index (χ4n) is 18.9. The number of carbonyl (C=O) groups excluding carboxylic acids is 16. The highest BCUT2D eigenvalue weighted by molar-refractivity contribution is 8.00. The van der Waals surface area contributed by atoms with Crippen LogP contribution in [0.1, 0.15) is 199 Å². The summed E-state index contributed by atoms with van der Waals surface area (Å²) in [6.07, 6.45) is 4.23. The lowest BCUT2D eigenvalue weighted by Gasteiger charge is -2.36. The first kappa shape index (κ1) is 113. The number of aliphatic imine (C=N–C) groups is 1. The number of carbonyl (C=O) groups is 18. The Morgan fingerprint density at radius 2 is 1.18 bits per heavy atom. The first-order chi connectivity index (χ1) is 67.8. The average molecular weight is 1990 g/mol. The van der Waals surface area contributed by atoms with Crippen LogP contribution in [0, 0.1) is 23.7 Å². The van der Waals surface area contributed by atoms with E-state index in [0.717, 1.165) is 21.6 Å². The van der Waals surface area contributed by atoms with Crippen molar-refractivity contribution in [1.29, 1.82) is 0 Å². The van der Waals surface area contributed by atoms with E-state index < -0.39 is 240 Å². The van der Waals surface area contributed by atoms with E-state index in [1.807, 2.05) is 13.8 Å². The van der Waals surface area contributed by atoms with Gasteiger partial charge >= 0.3 is 11.9 Å². The molecule has 18 N–H and O–H groups in total. The number of rotatable bonds is 33. The predicted molar refractivity (Wildman–Crippen MR) is 531 cm³/mol. The number of thioether (sulfide) groups is 1. The lowest BCUT2D eigenvalue weighted by Crippen LogP contribution is -2.60. The van der Waals surface area contributed by atoms with Gasteiger partial charge in [-0.25, -0.2) is 0 Å². The predicted octanol–water partition coefficient (Wildman–Crippen LogP) is 3.63. The number of hydrogen-bond donors (Lipinski definition) is 15. The van der Waals surface area contributed by atoms with Gasteiger partial charge in [-0.1, -0.05) is 108 Å². The number of nitrogens with zero attached hydrogens (tertiary/aromatic N) is 6. The number of hydrogen-bond acceptors (Lipinski definition) is 24. The molecule has 1 saturated carbocycles. The SMILES string of the molecule is CCCC[C@H]1C(=O)N(C)[C@@H](CCCC)C(=O)N[C@@H](CC(C)C)C(=O)N[C@H](C(=O)CCC(N)=O)CSCC(=O)N[C@@H](Cc2ccc(OC)cc2)C(=O)N(C)[C@@H](C)C(=O)N[C@@H](CC(=O)O)C(=O)N2CCC[C@H]2C(=O)N[C@@H](CC2=CN=CC2)C(=O)N[C@@H](CCCCN)C(=O)C2C[C@H](O)C[C@H]2C(=O)N[C@@H](Cc2c[nH]c3ccccc23)C(=O)C[C@@H](CCCCN)C(=O)N[C@@H](Cc2cn(CC(=O)O)c3ccccc23)C(=O)N1C. The molecule has 13 amide bonds. The lowest BCUT2D eigenvalue weighted by atomic mass is 9.85. The van der Waals surface area contributed by atoms with Crippen molar-refractivity contribution >= 4 is 146 Å². The summed E-state index contributed by atoms with van der Waals surface area (Å²) in [6, 6.07) is 2.64. The van der Waals surface area contributed by atoms with Crippen molar-refractivity contribution in [2.75, 3.05) is 59.4 Å². The van der Waals surface area contributed by atoms with E-state index in [0.29, 0.717) is 88.3 Å². The van der Waals surface area contributed by atoms with Crippen LogP contribution in [0.5, 0.6) is 5.75 Å². The third-order valence-electron chi connectivity index (χ3n) is 26.9. The van der Waals surface area contributed by atoms with Crippen LogP contribution in [0.25, 0.3) is 21.8 Å². The van der Waals surface area contributed by atoms with Crippen LogP contribution < -0.4 is 64.5 Å². The normalized spacial score (nSPS) is 25.1. The molecule has 16 atom stereocenters. The maximum atomic E-state index is 16.2. The second kappa shape index (κ2) is 55.0. The average Bonchev–Trinajstić information content (AvgIpc) is 1.61. The van der Waals surface area contributed by atoms with Gasteiger partial charge in [-0.2, -0.15) is 0 Å². The number of benzene rings is 3. The number of fused-ring (bicyclic) bond motifs is 4. The number of para-hydroxylation sites is 2. The van der Waals surface area contributed by atoms with Crippen LogP contribution in [0.15, 0.2) is 102 Å². The minimum absolute atomic E-state index is 0.00524. The number of nitrogens with one attached hydrogen (secondary N) is 9. The zero-order chi connectivity index (χ0) is 104. The third kappa shape index (κ3) is 31.9. The number of H-pyrrole nitrogens is 1. The number of aliphatic carboxylic acids is 2. The van der Waals surface area contributed by atoms with E-state index in [9.17, 15) is 53.7 Å².